The Kier molecular flexibility index (Phi) is 4.70. The van der Waals surface area contributed by atoms with Gasteiger partial charge in [-0.3, -0.25) is 14.9 Å². The zero-order chi connectivity index (χ0) is 15.4. The van der Waals surface area contributed by atoms with Crippen LogP contribution in [0.5, 0.6) is 0 Å². The van der Waals surface area contributed by atoms with E-state index in [0.717, 1.165) is 10.0 Å². The van der Waals surface area contributed by atoms with Gasteiger partial charge in [-0.15, -0.1) is 0 Å². The molecule has 0 aliphatic rings. The topological polar surface area (TPSA) is 72.2 Å². The predicted molar refractivity (Wildman–Crippen MR) is 84.3 cm³/mol. The van der Waals surface area contributed by atoms with Gasteiger partial charge >= 0.3 is 0 Å². The van der Waals surface area contributed by atoms with Gasteiger partial charge in [0, 0.05) is 22.3 Å². The average molecular weight is 349 g/mol. The summed E-state index contributed by atoms with van der Waals surface area (Å²) < 4.78 is 0.913. The Bertz CT molecular complexity index is 701. The van der Waals surface area contributed by atoms with Crippen LogP contribution in [0.15, 0.2) is 46.9 Å². The number of aryl methyl sites for hydroxylation is 1. The summed E-state index contributed by atoms with van der Waals surface area (Å²) in [5.41, 5.74) is 2.35. The molecule has 2 rings (SSSR count). The normalized spacial score (nSPS) is 10.2. The SMILES string of the molecule is Cc1ccc(NC(=O)Cc2cccc([N+](=O)[O-])c2)cc1Br. The van der Waals surface area contributed by atoms with Crippen molar-refractivity contribution < 1.29 is 9.72 Å². The van der Waals surface area contributed by atoms with Crippen molar-refractivity contribution in [3.63, 3.8) is 0 Å². The van der Waals surface area contributed by atoms with Gasteiger partial charge in [0.2, 0.25) is 5.91 Å². The number of nitrogens with one attached hydrogen (secondary N) is 1. The van der Waals surface area contributed by atoms with Crippen LogP contribution in [0.4, 0.5) is 11.4 Å². The number of benzene rings is 2. The monoisotopic (exact) mass is 348 g/mol. The van der Waals surface area contributed by atoms with E-state index in [4.69, 9.17) is 0 Å². The summed E-state index contributed by atoms with van der Waals surface area (Å²) >= 11 is 3.40. The molecule has 0 aliphatic carbocycles. The fourth-order valence-corrected chi connectivity index (χ4v) is 2.22. The maximum absolute atomic E-state index is 12.0. The Balaban J connectivity index is 2.06. The molecule has 0 atom stereocenters. The number of nitro benzene ring substituents is 1. The number of hydrogen-bond acceptors (Lipinski definition) is 3. The fraction of sp³-hybridized carbons (Fsp3) is 0.133. The van der Waals surface area contributed by atoms with Crippen molar-refractivity contribution in [3.05, 3.63) is 68.2 Å². The molecule has 108 valence electrons. The third-order valence-corrected chi connectivity index (χ3v) is 3.80. The molecule has 1 N–H and O–H groups in total. The maximum Gasteiger partial charge on any atom is 0.269 e. The van der Waals surface area contributed by atoms with Crippen LogP contribution in [0.3, 0.4) is 0 Å². The molecule has 0 fully saturated rings. The van der Waals surface area contributed by atoms with E-state index in [0.29, 0.717) is 11.3 Å². The van der Waals surface area contributed by atoms with Crippen molar-refractivity contribution in [2.45, 2.75) is 13.3 Å². The van der Waals surface area contributed by atoms with Crippen LogP contribution >= 0.6 is 15.9 Å². The van der Waals surface area contributed by atoms with Crippen LogP contribution in [0.25, 0.3) is 0 Å². The molecule has 5 nitrogen and oxygen atoms in total. The molecule has 2 aromatic rings. The van der Waals surface area contributed by atoms with Crippen LogP contribution < -0.4 is 5.32 Å². The van der Waals surface area contributed by atoms with Gasteiger partial charge in [0.25, 0.3) is 5.69 Å². The maximum atomic E-state index is 12.0. The summed E-state index contributed by atoms with van der Waals surface area (Å²) in [6.07, 6.45) is 0.0905. The van der Waals surface area contributed by atoms with Crippen LogP contribution in [0, 0.1) is 17.0 Å². The number of nitrogens with zero attached hydrogens (tertiary/aromatic N) is 1. The van der Waals surface area contributed by atoms with E-state index < -0.39 is 4.92 Å². The van der Waals surface area contributed by atoms with Gasteiger partial charge in [-0.2, -0.15) is 0 Å². The van der Waals surface area contributed by atoms with E-state index in [-0.39, 0.29) is 18.0 Å². The zero-order valence-corrected chi connectivity index (χ0v) is 12.9. The van der Waals surface area contributed by atoms with Gasteiger partial charge in [-0.05, 0) is 30.2 Å². The molecular formula is C15H13BrN2O3. The van der Waals surface area contributed by atoms with Crippen molar-refractivity contribution in [2.24, 2.45) is 0 Å². The first-order valence-corrected chi connectivity index (χ1v) is 7.04. The smallest absolute Gasteiger partial charge is 0.269 e. The lowest BCUT2D eigenvalue weighted by Gasteiger charge is -2.07. The first kappa shape index (κ1) is 15.2. The Morgan fingerprint density at radius 2 is 2.05 bits per heavy atom. The molecule has 0 saturated carbocycles. The fourth-order valence-electron chi connectivity index (χ4n) is 1.84. The Morgan fingerprint density at radius 1 is 1.29 bits per heavy atom. The molecule has 0 radical (unpaired) electrons. The molecule has 0 aliphatic heterocycles. The highest BCUT2D eigenvalue weighted by Gasteiger charge is 2.09. The van der Waals surface area contributed by atoms with E-state index in [9.17, 15) is 14.9 Å². The summed E-state index contributed by atoms with van der Waals surface area (Å²) in [6, 6.07) is 11.6. The van der Waals surface area contributed by atoms with Crippen molar-refractivity contribution in [1.29, 1.82) is 0 Å². The molecular weight excluding hydrogens is 336 g/mol. The lowest BCUT2D eigenvalue weighted by molar-refractivity contribution is -0.384. The predicted octanol–water partition coefficient (Wildman–Crippen LogP) is 3.85. The number of nitro groups is 1. The van der Waals surface area contributed by atoms with Crippen LogP contribution in [-0.2, 0) is 11.2 Å². The number of carbonyl (C=O) groups excluding carboxylic acids is 1. The summed E-state index contributed by atoms with van der Waals surface area (Å²) in [5, 5.41) is 13.5. The molecule has 21 heavy (non-hydrogen) atoms. The molecule has 6 heteroatoms. The Hall–Kier alpha value is -2.21. The number of halogens is 1. The molecule has 0 saturated heterocycles. The lowest BCUT2D eigenvalue weighted by Crippen LogP contribution is -2.14. The highest BCUT2D eigenvalue weighted by Crippen LogP contribution is 2.21. The summed E-state index contributed by atoms with van der Waals surface area (Å²) in [6.45, 7) is 1.96. The van der Waals surface area contributed by atoms with Crippen LogP contribution in [0.2, 0.25) is 0 Å². The van der Waals surface area contributed by atoms with Gasteiger partial charge in [-0.25, -0.2) is 0 Å². The molecule has 2 aromatic carbocycles. The van der Waals surface area contributed by atoms with E-state index in [2.05, 4.69) is 21.2 Å². The van der Waals surface area contributed by atoms with Gasteiger partial charge in [0.15, 0.2) is 0 Å². The Labute approximate surface area is 130 Å². The molecule has 1 amide bonds. The average Bonchev–Trinajstić information content (AvgIpc) is 2.43. The number of hydrogen-bond donors (Lipinski definition) is 1. The highest BCUT2D eigenvalue weighted by atomic mass is 79.9. The minimum Gasteiger partial charge on any atom is -0.326 e. The van der Waals surface area contributed by atoms with Gasteiger partial charge in [-0.1, -0.05) is 34.1 Å². The standard InChI is InChI=1S/C15H13BrN2O3/c1-10-5-6-12(9-14(10)16)17-15(19)8-11-3-2-4-13(7-11)18(20)21/h2-7,9H,8H2,1H3,(H,17,19). The van der Waals surface area contributed by atoms with Crippen molar-refractivity contribution in [2.75, 3.05) is 5.32 Å². The number of carbonyl (C=O) groups is 1. The minimum absolute atomic E-state index is 0.0154. The second-order valence-corrected chi connectivity index (χ2v) is 5.47. The van der Waals surface area contributed by atoms with Crippen molar-refractivity contribution >= 4 is 33.2 Å². The lowest BCUT2D eigenvalue weighted by atomic mass is 10.1. The summed E-state index contributed by atoms with van der Waals surface area (Å²) in [5.74, 6) is -0.216. The van der Waals surface area contributed by atoms with Crippen LogP contribution in [0.1, 0.15) is 11.1 Å². The number of rotatable bonds is 4. The molecule has 0 unspecified atom stereocenters. The van der Waals surface area contributed by atoms with E-state index >= 15 is 0 Å². The second kappa shape index (κ2) is 6.49. The second-order valence-electron chi connectivity index (χ2n) is 4.62. The van der Waals surface area contributed by atoms with Crippen molar-refractivity contribution in [1.82, 2.24) is 0 Å². The van der Waals surface area contributed by atoms with Gasteiger partial charge in [0.05, 0.1) is 11.3 Å². The largest absolute Gasteiger partial charge is 0.326 e. The first-order valence-electron chi connectivity index (χ1n) is 6.25. The first-order chi connectivity index (χ1) is 9.95. The van der Waals surface area contributed by atoms with Gasteiger partial charge < -0.3 is 5.32 Å². The van der Waals surface area contributed by atoms with E-state index in [1.54, 1.807) is 12.1 Å². The Morgan fingerprint density at radius 3 is 2.71 bits per heavy atom. The van der Waals surface area contributed by atoms with E-state index in [1.807, 2.05) is 25.1 Å². The van der Waals surface area contributed by atoms with Crippen molar-refractivity contribution in [3.8, 4) is 0 Å². The quantitative estimate of drug-likeness (QED) is 0.673. The number of amides is 1. The van der Waals surface area contributed by atoms with E-state index in [1.165, 1.54) is 12.1 Å². The minimum atomic E-state index is -0.474. The third-order valence-electron chi connectivity index (χ3n) is 2.94. The van der Waals surface area contributed by atoms with Gasteiger partial charge in [0.1, 0.15) is 0 Å². The summed E-state index contributed by atoms with van der Waals surface area (Å²) in [4.78, 5) is 22.2. The highest BCUT2D eigenvalue weighted by molar-refractivity contribution is 9.10. The summed E-state index contributed by atoms with van der Waals surface area (Å²) in [7, 11) is 0. The molecule has 0 bridgehead atoms. The van der Waals surface area contributed by atoms with Crippen LogP contribution in [-0.4, -0.2) is 10.8 Å². The molecule has 0 aromatic heterocycles. The molecule has 0 heterocycles. The zero-order valence-electron chi connectivity index (χ0n) is 11.3. The molecule has 0 spiro atoms. The number of anilines is 1. The number of non-ortho nitro benzene ring substituents is 1. The third kappa shape index (κ3) is 4.13.